The van der Waals surface area contributed by atoms with Crippen molar-refractivity contribution in [3.05, 3.63) is 32.8 Å². The third kappa shape index (κ3) is 2.62. The van der Waals surface area contributed by atoms with Crippen molar-refractivity contribution in [2.24, 2.45) is 0 Å². The molecule has 2 N–H and O–H groups in total. The highest BCUT2D eigenvalue weighted by molar-refractivity contribution is 5.76. The average Bonchev–Trinajstić information content (AvgIpc) is 2.29. The van der Waals surface area contributed by atoms with E-state index in [0.717, 1.165) is 16.8 Å². The van der Waals surface area contributed by atoms with Gasteiger partial charge in [-0.05, 0) is 6.92 Å². The van der Waals surface area contributed by atoms with E-state index in [1.54, 1.807) is 0 Å². The van der Waals surface area contributed by atoms with Crippen LogP contribution in [0.4, 0.5) is 0 Å². The number of ether oxygens (including phenoxy) is 1. The zero-order chi connectivity index (χ0) is 13.1. The zero-order valence-electron chi connectivity index (χ0n) is 9.60. The predicted molar refractivity (Wildman–Crippen MR) is 59.1 cm³/mol. The summed E-state index contributed by atoms with van der Waals surface area (Å²) in [4.78, 5) is 34.0. The van der Waals surface area contributed by atoms with Gasteiger partial charge in [0.1, 0.15) is 0 Å². The Morgan fingerprint density at radius 3 is 2.71 bits per heavy atom. The van der Waals surface area contributed by atoms with E-state index in [9.17, 15) is 19.5 Å². The molecule has 1 aromatic rings. The van der Waals surface area contributed by atoms with Crippen LogP contribution >= 0.6 is 0 Å². The molecule has 0 spiro atoms. The molecule has 17 heavy (non-hydrogen) atoms. The Morgan fingerprint density at radius 1 is 1.53 bits per heavy atom. The first-order chi connectivity index (χ1) is 7.91. The van der Waals surface area contributed by atoms with E-state index in [1.165, 1.54) is 14.0 Å². The first-order valence-electron chi connectivity index (χ1n) is 4.97. The number of carbonyl (C=O) groups is 1. The maximum absolute atomic E-state index is 11.6. The Labute approximate surface area is 96.6 Å². The van der Waals surface area contributed by atoms with Crippen LogP contribution in [0, 0.1) is 0 Å². The average molecular weight is 242 g/mol. The third-order valence-corrected chi connectivity index (χ3v) is 2.57. The number of rotatable bonds is 5. The highest BCUT2D eigenvalue weighted by atomic mass is 16.5. The molecule has 7 heteroatoms. The summed E-state index contributed by atoms with van der Waals surface area (Å²) in [6.45, 7) is 1.51. The maximum Gasteiger partial charge on any atom is 0.331 e. The minimum atomic E-state index is -1.53. The number of H-pyrrole nitrogens is 1. The third-order valence-electron chi connectivity index (χ3n) is 2.57. The fraction of sp³-hybridized carbons (Fsp3) is 0.500. The van der Waals surface area contributed by atoms with Crippen molar-refractivity contribution in [2.45, 2.75) is 18.9 Å². The molecule has 94 valence electrons. The molecule has 0 fully saturated rings. The van der Waals surface area contributed by atoms with Crippen LogP contribution in [0.25, 0.3) is 0 Å². The van der Waals surface area contributed by atoms with Gasteiger partial charge in [0, 0.05) is 32.3 Å². The molecule has 0 aliphatic heterocycles. The van der Waals surface area contributed by atoms with E-state index < -0.39 is 22.6 Å². The van der Waals surface area contributed by atoms with Gasteiger partial charge in [-0.25, -0.2) is 9.48 Å². The minimum Gasteiger partial charge on any atom is -0.479 e. The fourth-order valence-corrected chi connectivity index (χ4v) is 1.41. The molecule has 7 nitrogen and oxygen atoms in total. The van der Waals surface area contributed by atoms with Gasteiger partial charge in [-0.2, -0.15) is 0 Å². The molecule has 0 radical (unpaired) electrons. The fourth-order valence-electron chi connectivity index (χ4n) is 1.41. The topological polar surface area (TPSA) is 101 Å². The molecular formula is C10H14N2O5. The number of hydrogen-bond acceptors (Lipinski definition) is 4. The van der Waals surface area contributed by atoms with Gasteiger partial charge >= 0.3 is 5.97 Å². The van der Waals surface area contributed by atoms with Crippen LogP contribution in [0.2, 0.25) is 0 Å². The number of aromatic amines is 1. The van der Waals surface area contributed by atoms with E-state index >= 15 is 0 Å². The van der Waals surface area contributed by atoms with Crippen LogP contribution in [0.1, 0.15) is 13.3 Å². The van der Waals surface area contributed by atoms with E-state index in [2.05, 4.69) is 5.10 Å². The number of nitrogens with zero attached hydrogens (tertiary/aromatic N) is 1. The molecule has 0 aromatic carbocycles. The smallest absolute Gasteiger partial charge is 0.331 e. The van der Waals surface area contributed by atoms with Crippen LogP contribution < -0.4 is 11.1 Å². The summed E-state index contributed by atoms with van der Waals surface area (Å²) < 4.78 is 5.62. The summed E-state index contributed by atoms with van der Waals surface area (Å²) in [6.07, 6.45) is 0.0681. The molecule has 0 aliphatic rings. The normalized spacial score (nSPS) is 14.2. The summed E-state index contributed by atoms with van der Waals surface area (Å²) in [6, 6.07) is 2.09. The van der Waals surface area contributed by atoms with Crippen LogP contribution in [-0.4, -0.2) is 34.6 Å². The molecule has 0 saturated heterocycles. The van der Waals surface area contributed by atoms with Gasteiger partial charge in [0.15, 0.2) is 5.54 Å². The number of hydrogen-bond donors (Lipinski definition) is 2. The molecule has 0 saturated carbocycles. The summed E-state index contributed by atoms with van der Waals surface area (Å²) in [5.74, 6) is -1.21. The van der Waals surface area contributed by atoms with E-state index in [1.807, 2.05) is 0 Å². The molecule has 0 amide bonds. The van der Waals surface area contributed by atoms with E-state index in [-0.39, 0.29) is 13.0 Å². The van der Waals surface area contributed by atoms with Gasteiger partial charge in [0.25, 0.3) is 11.1 Å². The number of carboxylic acids is 1. The molecule has 1 aromatic heterocycles. The Balaban J connectivity index is 3.31. The van der Waals surface area contributed by atoms with Gasteiger partial charge in [-0.15, -0.1) is 0 Å². The van der Waals surface area contributed by atoms with E-state index in [0.29, 0.717) is 0 Å². The number of aliphatic carboxylic acids is 1. The monoisotopic (exact) mass is 242 g/mol. The largest absolute Gasteiger partial charge is 0.479 e. The van der Waals surface area contributed by atoms with Crippen LogP contribution in [0.5, 0.6) is 0 Å². The number of aromatic nitrogens is 2. The van der Waals surface area contributed by atoms with Crippen molar-refractivity contribution in [1.29, 1.82) is 0 Å². The maximum atomic E-state index is 11.6. The Kier molecular flexibility index (Phi) is 3.84. The van der Waals surface area contributed by atoms with E-state index in [4.69, 9.17) is 4.74 Å². The lowest BCUT2D eigenvalue weighted by Gasteiger charge is -2.26. The molecule has 0 aliphatic carbocycles. The lowest BCUT2D eigenvalue weighted by Crippen LogP contribution is -2.48. The first kappa shape index (κ1) is 13.2. The lowest BCUT2D eigenvalue weighted by molar-refractivity contribution is -0.148. The SMILES string of the molecule is COCCC(C)(C(=O)O)n1[nH]c(=O)ccc1=O. The molecule has 1 rings (SSSR count). The van der Waals surface area contributed by atoms with Crippen molar-refractivity contribution in [3.8, 4) is 0 Å². The minimum absolute atomic E-state index is 0.0681. The predicted octanol–water partition coefficient (Wildman–Crippen LogP) is -0.627. The van der Waals surface area contributed by atoms with Gasteiger partial charge in [0.2, 0.25) is 0 Å². The van der Waals surface area contributed by atoms with Crippen LogP contribution in [0.3, 0.4) is 0 Å². The lowest BCUT2D eigenvalue weighted by atomic mass is 9.99. The second-order valence-corrected chi connectivity index (χ2v) is 3.80. The van der Waals surface area contributed by atoms with Gasteiger partial charge in [-0.3, -0.25) is 14.7 Å². The van der Waals surface area contributed by atoms with Crippen molar-refractivity contribution in [3.63, 3.8) is 0 Å². The van der Waals surface area contributed by atoms with Crippen molar-refractivity contribution >= 4 is 5.97 Å². The Bertz CT molecular complexity index is 518. The molecule has 1 atom stereocenters. The highest BCUT2D eigenvalue weighted by Gasteiger charge is 2.36. The first-order valence-corrected chi connectivity index (χ1v) is 4.97. The Morgan fingerprint density at radius 2 is 2.18 bits per heavy atom. The van der Waals surface area contributed by atoms with Crippen molar-refractivity contribution in [2.75, 3.05) is 13.7 Å². The second kappa shape index (κ2) is 4.96. The van der Waals surface area contributed by atoms with Gasteiger partial charge in [0.05, 0.1) is 0 Å². The number of carboxylic acid groups (broad SMARTS) is 1. The summed E-state index contributed by atoms with van der Waals surface area (Å²) in [7, 11) is 1.43. The summed E-state index contributed by atoms with van der Waals surface area (Å²) in [5.41, 5.74) is -2.65. The van der Waals surface area contributed by atoms with Gasteiger partial charge in [-0.1, -0.05) is 0 Å². The number of nitrogens with one attached hydrogen (secondary N) is 1. The molecular weight excluding hydrogens is 228 g/mol. The highest BCUT2D eigenvalue weighted by Crippen LogP contribution is 2.17. The molecule has 1 unspecified atom stereocenters. The van der Waals surface area contributed by atoms with Gasteiger partial charge < -0.3 is 9.84 Å². The van der Waals surface area contributed by atoms with Crippen molar-refractivity contribution < 1.29 is 14.6 Å². The quantitative estimate of drug-likeness (QED) is 0.716. The van der Waals surface area contributed by atoms with Crippen molar-refractivity contribution in [1.82, 2.24) is 9.78 Å². The zero-order valence-corrected chi connectivity index (χ0v) is 9.60. The summed E-state index contributed by atoms with van der Waals surface area (Å²) in [5, 5.41) is 11.4. The molecule has 1 heterocycles. The second-order valence-electron chi connectivity index (χ2n) is 3.80. The summed E-state index contributed by atoms with van der Waals surface area (Å²) >= 11 is 0. The number of methoxy groups -OCH3 is 1. The van der Waals surface area contributed by atoms with Crippen LogP contribution in [0.15, 0.2) is 21.7 Å². The molecule has 0 bridgehead atoms. The standard InChI is InChI=1S/C10H14N2O5/c1-10(9(15)16,5-6-17-2)12-8(14)4-3-7(13)11-12/h3-4H,5-6H2,1-2H3,(H,11,13)(H,15,16). The Hall–Kier alpha value is -1.89. The van der Waals surface area contributed by atoms with Crippen LogP contribution in [-0.2, 0) is 15.1 Å².